The second-order valence-corrected chi connectivity index (χ2v) is 9.72. The molecule has 5 rings (SSSR count). The van der Waals surface area contributed by atoms with Crippen LogP contribution in [0.15, 0.2) is 0 Å². The second-order valence-electron chi connectivity index (χ2n) is 9.72. The molecule has 4 amide bonds. The van der Waals surface area contributed by atoms with Gasteiger partial charge in [0.05, 0.1) is 12.1 Å². The summed E-state index contributed by atoms with van der Waals surface area (Å²) in [6.45, 7) is 6.08. The molecule has 2 saturated heterocycles. The summed E-state index contributed by atoms with van der Waals surface area (Å²) in [4.78, 5) is 53.2. The number of nitrogens with zero attached hydrogens (tertiary/aromatic N) is 2. The number of hydrogen-bond donors (Lipinski definition) is 2. The van der Waals surface area contributed by atoms with E-state index in [1.165, 1.54) is 0 Å². The van der Waals surface area contributed by atoms with E-state index >= 15 is 0 Å². The van der Waals surface area contributed by atoms with E-state index < -0.39 is 0 Å². The predicted octanol–water partition coefficient (Wildman–Crippen LogP) is 0.801. The van der Waals surface area contributed by atoms with E-state index in [0.717, 1.165) is 38.5 Å². The van der Waals surface area contributed by atoms with Crippen molar-refractivity contribution >= 4 is 23.6 Å². The molecule has 2 N–H and O–H groups in total. The van der Waals surface area contributed by atoms with E-state index in [9.17, 15) is 19.2 Å². The minimum atomic E-state index is -0.311. The largest absolute Gasteiger partial charge is 0.350 e. The van der Waals surface area contributed by atoms with Crippen molar-refractivity contribution in [3.8, 4) is 0 Å². The van der Waals surface area contributed by atoms with Crippen LogP contribution in [-0.4, -0.2) is 71.7 Å². The summed E-state index contributed by atoms with van der Waals surface area (Å²) in [6, 6.07) is 0.163. The van der Waals surface area contributed by atoms with Gasteiger partial charge in [-0.15, -0.1) is 0 Å². The lowest BCUT2D eigenvalue weighted by Crippen LogP contribution is -2.67. The topological polar surface area (TPSA) is 98.8 Å². The Labute approximate surface area is 178 Å². The van der Waals surface area contributed by atoms with E-state index in [1.54, 1.807) is 0 Å². The monoisotopic (exact) mass is 418 g/mol. The lowest BCUT2D eigenvalue weighted by molar-refractivity contribution is -0.168. The molecule has 0 spiro atoms. The fourth-order valence-electron chi connectivity index (χ4n) is 5.63. The first-order valence-electron chi connectivity index (χ1n) is 11.5. The smallest absolute Gasteiger partial charge is 0.228 e. The lowest BCUT2D eigenvalue weighted by Gasteiger charge is -2.56. The zero-order valence-electron chi connectivity index (χ0n) is 18.2. The maximum absolute atomic E-state index is 13.2. The molecule has 166 valence electrons. The second kappa shape index (κ2) is 7.85. The Morgan fingerprint density at radius 2 is 0.967 bits per heavy atom. The number of rotatable bonds is 6. The molecule has 0 atom stereocenters. The Bertz CT molecular complexity index is 653. The third-order valence-corrected chi connectivity index (χ3v) is 7.86. The van der Waals surface area contributed by atoms with Crippen molar-refractivity contribution in [2.24, 2.45) is 10.8 Å². The summed E-state index contributed by atoms with van der Waals surface area (Å²) >= 11 is 0. The summed E-state index contributed by atoms with van der Waals surface area (Å²) in [5.74, 6) is 0.505. The molecule has 0 aromatic rings. The first-order valence-corrected chi connectivity index (χ1v) is 11.5. The van der Waals surface area contributed by atoms with Gasteiger partial charge in [0.1, 0.15) is 0 Å². The Morgan fingerprint density at radius 3 is 1.23 bits per heavy atom. The number of fused-ring (bicyclic) bond motifs is 3. The lowest BCUT2D eigenvalue weighted by atomic mass is 9.52. The molecule has 0 aromatic carbocycles. The fraction of sp³-hybridized carbons (Fsp3) is 0.818. The highest BCUT2D eigenvalue weighted by atomic mass is 16.2. The van der Waals surface area contributed by atoms with Crippen molar-refractivity contribution in [1.82, 2.24) is 20.4 Å². The van der Waals surface area contributed by atoms with Gasteiger partial charge in [-0.05, 0) is 38.5 Å². The van der Waals surface area contributed by atoms with Gasteiger partial charge in [-0.3, -0.25) is 19.2 Å². The zero-order valence-corrected chi connectivity index (χ0v) is 18.2. The van der Waals surface area contributed by atoms with Crippen LogP contribution in [0.5, 0.6) is 0 Å². The highest BCUT2D eigenvalue weighted by Crippen LogP contribution is 2.58. The molecule has 8 nitrogen and oxygen atoms in total. The van der Waals surface area contributed by atoms with Gasteiger partial charge in [0, 0.05) is 49.9 Å². The van der Waals surface area contributed by atoms with Crippen molar-refractivity contribution in [1.29, 1.82) is 0 Å². The summed E-state index contributed by atoms with van der Waals surface area (Å²) < 4.78 is 0. The first kappa shape index (κ1) is 21.1. The highest BCUT2D eigenvalue weighted by molar-refractivity contribution is 5.88. The maximum Gasteiger partial charge on any atom is 0.228 e. The number of carbonyl (C=O) groups excluding carboxylic acids is 4. The van der Waals surface area contributed by atoms with Gasteiger partial charge in [-0.2, -0.15) is 0 Å². The quantitative estimate of drug-likeness (QED) is 0.667. The van der Waals surface area contributed by atoms with Crippen LogP contribution in [0.4, 0.5) is 0 Å². The Hall–Kier alpha value is -2.12. The average Bonchev–Trinajstić information content (AvgIpc) is 2.72. The van der Waals surface area contributed by atoms with Crippen LogP contribution in [0.2, 0.25) is 0 Å². The third-order valence-electron chi connectivity index (χ3n) is 7.86. The van der Waals surface area contributed by atoms with Crippen LogP contribution in [0, 0.1) is 10.8 Å². The summed E-state index contributed by atoms with van der Waals surface area (Å²) in [5.41, 5.74) is -0.622. The Morgan fingerprint density at radius 1 is 0.667 bits per heavy atom. The first-order chi connectivity index (χ1) is 14.3. The molecule has 2 bridgehead atoms. The van der Waals surface area contributed by atoms with Crippen molar-refractivity contribution in [2.75, 3.05) is 26.2 Å². The molecule has 2 aliphatic heterocycles. The molecule has 0 aromatic heterocycles. The minimum absolute atomic E-state index is 0.0337. The molecular weight excluding hydrogens is 384 g/mol. The van der Waals surface area contributed by atoms with Crippen LogP contribution < -0.4 is 10.6 Å². The van der Waals surface area contributed by atoms with Crippen molar-refractivity contribution in [3.63, 3.8) is 0 Å². The predicted molar refractivity (Wildman–Crippen MR) is 110 cm³/mol. The normalized spacial score (nSPS) is 31.0. The van der Waals surface area contributed by atoms with Gasteiger partial charge in [0.25, 0.3) is 0 Å². The van der Waals surface area contributed by atoms with Gasteiger partial charge < -0.3 is 20.4 Å². The van der Waals surface area contributed by atoms with Crippen LogP contribution in [-0.2, 0) is 19.2 Å². The Balaban J connectivity index is 1.27. The van der Waals surface area contributed by atoms with Crippen molar-refractivity contribution in [2.45, 2.75) is 77.3 Å². The van der Waals surface area contributed by atoms with Gasteiger partial charge >= 0.3 is 0 Å². The SMILES string of the molecule is CCC(=O)NC1CN(C(=O)C23CCC(C(=O)N4CC(NC(=O)CC)C4)(CC2)CC3)C1. The van der Waals surface area contributed by atoms with Gasteiger partial charge in [-0.25, -0.2) is 0 Å². The highest BCUT2D eigenvalue weighted by Gasteiger charge is 2.58. The van der Waals surface area contributed by atoms with Crippen LogP contribution in [0.1, 0.15) is 65.2 Å². The van der Waals surface area contributed by atoms with Gasteiger partial charge in [0.15, 0.2) is 0 Å². The molecule has 2 heterocycles. The molecule has 0 unspecified atom stereocenters. The summed E-state index contributed by atoms with van der Waals surface area (Å²) in [5, 5.41) is 5.90. The number of nitrogens with one attached hydrogen (secondary N) is 2. The molecular formula is C22H34N4O4. The van der Waals surface area contributed by atoms with Crippen LogP contribution in [0.3, 0.4) is 0 Å². The number of likely N-dealkylation sites (tertiary alicyclic amines) is 2. The minimum Gasteiger partial charge on any atom is -0.350 e. The summed E-state index contributed by atoms with van der Waals surface area (Å²) in [7, 11) is 0. The van der Waals surface area contributed by atoms with Crippen molar-refractivity contribution in [3.05, 3.63) is 0 Å². The maximum atomic E-state index is 13.2. The molecule has 5 fully saturated rings. The van der Waals surface area contributed by atoms with Gasteiger partial charge in [-0.1, -0.05) is 13.8 Å². The van der Waals surface area contributed by atoms with E-state index in [4.69, 9.17) is 0 Å². The van der Waals surface area contributed by atoms with Gasteiger partial charge in [0.2, 0.25) is 23.6 Å². The zero-order chi connectivity index (χ0) is 21.5. The standard InChI is InChI=1S/C22H34N4O4/c1-3-17(27)23-15-11-25(12-15)19(29)21-5-8-22(9-6-21,10-7-21)20(30)26-13-16(14-26)24-18(28)4-2/h15-16H,3-14H2,1-2H3,(H,23,27)(H,24,28). The molecule has 0 radical (unpaired) electrons. The molecule has 3 saturated carbocycles. The molecule has 8 heteroatoms. The molecule has 30 heavy (non-hydrogen) atoms. The van der Waals surface area contributed by atoms with E-state index in [1.807, 2.05) is 23.6 Å². The van der Waals surface area contributed by atoms with E-state index in [0.29, 0.717) is 39.0 Å². The van der Waals surface area contributed by atoms with E-state index in [-0.39, 0.29) is 46.5 Å². The van der Waals surface area contributed by atoms with Crippen molar-refractivity contribution < 1.29 is 19.2 Å². The van der Waals surface area contributed by atoms with Crippen LogP contribution in [0.25, 0.3) is 0 Å². The number of carbonyl (C=O) groups is 4. The fourth-order valence-corrected chi connectivity index (χ4v) is 5.63. The average molecular weight is 419 g/mol. The Kier molecular flexibility index (Phi) is 5.53. The summed E-state index contributed by atoms with van der Waals surface area (Å²) in [6.07, 6.45) is 5.62. The van der Waals surface area contributed by atoms with Crippen LogP contribution >= 0.6 is 0 Å². The number of amides is 4. The third kappa shape index (κ3) is 3.58. The molecule has 5 aliphatic rings. The van der Waals surface area contributed by atoms with E-state index in [2.05, 4.69) is 10.6 Å². The molecule has 3 aliphatic carbocycles. The number of hydrogen-bond acceptors (Lipinski definition) is 4.